The molecule has 0 saturated heterocycles. The summed E-state index contributed by atoms with van der Waals surface area (Å²) in [5, 5.41) is 13.7. The van der Waals surface area contributed by atoms with Gasteiger partial charge in [-0.25, -0.2) is 4.98 Å². The molecule has 1 aliphatic carbocycles. The lowest BCUT2D eigenvalue weighted by atomic mass is 9.89. The van der Waals surface area contributed by atoms with Crippen LogP contribution in [0.3, 0.4) is 0 Å². The molecule has 5 heteroatoms. The molecule has 0 radical (unpaired) electrons. The van der Waals surface area contributed by atoms with Crippen molar-refractivity contribution >= 4 is 0 Å². The summed E-state index contributed by atoms with van der Waals surface area (Å²) in [5.41, 5.74) is 0.354. The van der Waals surface area contributed by atoms with E-state index in [0.29, 0.717) is 17.5 Å². The summed E-state index contributed by atoms with van der Waals surface area (Å²) in [6.45, 7) is 0. The molecular weight excluding hydrogens is 230 g/mol. The first-order valence-electron chi connectivity index (χ1n) is 6.32. The van der Waals surface area contributed by atoms with Gasteiger partial charge in [-0.1, -0.05) is 24.4 Å². The Morgan fingerprint density at radius 2 is 2.06 bits per heavy atom. The first kappa shape index (κ1) is 11.2. The Labute approximate surface area is 105 Å². The summed E-state index contributed by atoms with van der Waals surface area (Å²) >= 11 is 0. The molecule has 0 amide bonds. The summed E-state index contributed by atoms with van der Waals surface area (Å²) in [5.74, 6) is 1.50. The summed E-state index contributed by atoms with van der Waals surface area (Å²) < 4.78 is 5.20. The fraction of sp³-hybridized carbons (Fsp3) is 0.462. The van der Waals surface area contributed by atoms with Crippen LogP contribution >= 0.6 is 0 Å². The van der Waals surface area contributed by atoms with Crippen LogP contribution in [-0.2, 0) is 0 Å². The monoisotopic (exact) mass is 245 g/mol. The van der Waals surface area contributed by atoms with Gasteiger partial charge in [-0.3, -0.25) is 0 Å². The summed E-state index contributed by atoms with van der Waals surface area (Å²) in [6, 6.07) is 3.23. The van der Waals surface area contributed by atoms with Crippen LogP contribution in [0.2, 0.25) is 0 Å². The number of nitrogens with zero attached hydrogens (tertiary/aromatic N) is 3. The van der Waals surface area contributed by atoms with Crippen molar-refractivity contribution in [2.24, 2.45) is 0 Å². The Morgan fingerprint density at radius 1 is 1.22 bits per heavy atom. The first-order valence-corrected chi connectivity index (χ1v) is 6.32. The lowest BCUT2D eigenvalue weighted by molar-refractivity contribution is 0.383. The molecule has 0 spiro atoms. The van der Waals surface area contributed by atoms with Crippen LogP contribution in [0, 0.1) is 0 Å². The lowest BCUT2D eigenvalue weighted by Crippen LogP contribution is -2.06. The highest BCUT2D eigenvalue weighted by Crippen LogP contribution is 2.32. The molecule has 18 heavy (non-hydrogen) atoms. The highest BCUT2D eigenvalue weighted by Gasteiger charge is 2.22. The molecule has 0 atom stereocenters. The van der Waals surface area contributed by atoms with E-state index in [2.05, 4.69) is 15.1 Å². The van der Waals surface area contributed by atoms with Gasteiger partial charge in [0.1, 0.15) is 5.75 Å². The van der Waals surface area contributed by atoms with Gasteiger partial charge in [0.2, 0.25) is 0 Å². The van der Waals surface area contributed by atoms with Crippen molar-refractivity contribution in [1.82, 2.24) is 15.1 Å². The largest absolute Gasteiger partial charge is 0.505 e. The van der Waals surface area contributed by atoms with E-state index in [1.54, 1.807) is 18.3 Å². The molecule has 1 aliphatic rings. The van der Waals surface area contributed by atoms with E-state index in [1.807, 2.05) is 0 Å². The fourth-order valence-electron chi connectivity index (χ4n) is 2.42. The number of hydrogen-bond donors (Lipinski definition) is 1. The zero-order valence-corrected chi connectivity index (χ0v) is 10.0. The average Bonchev–Trinajstić information content (AvgIpc) is 2.90. The maximum absolute atomic E-state index is 9.69. The third-order valence-electron chi connectivity index (χ3n) is 3.40. The van der Waals surface area contributed by atoms with Crippen molar-refractivity contribution in [3.8, 4) is 17.3 Å². The minimum Gasteiger partial charge on any atom is -0.505 e. The highest BCUT2D eigenvalue weighted by atomic mass is 16.5. The molecule has 0 bridgehead atoms. The smallest absolute Gasteiger partial charge is 0.280 e. The molecule has 2 aromatic rings. The molecular formula is C13H15N3O2. The maximum atomic E-state index is 9.69. The second kappa shape index (κ2) is 4.76. The number of rotatable bonds is 2. The molecule has 0 aliphatic heterocycles. The molecule has 3 rings (SSSR count). The van der Waals surface area contributed by atoms with E-state index in [1.165, 1.54) is 19.3 Å². The second-order valence-electron chi connectivity index (χ2n) is 4.66. The van der Waals surface area contributed by atoms with Crippen molar-refractivity contribution < 1.29 is 9.63 Å². The Bertz CT molecular complexity index is 533. The minimum atomic E-state index is 0.0661. The van der Waals surface area contributed by atoms with E-state index in [9.17, 15) is 5.11 Å². The quantitative estimate of drug-likeness (QED) is 0.880. The third-order valence-corrected chi connectivity index (χ3v) is 3.40. The predicted octanol–water partition coefficient (Wildman–Crippen LogP) is 2.88. The van der Waals surface area contributed by atoms with E-state index in [0.717, 1.165) is 18.7 Å². The van der Waals surface area contributed by atoms with Crippen LogP contribution in [0.5, 0.6) is 5.75 Å². The number of hydrogen-bond acceptors (Lipinski definition) is 5. The van der Waals surface area contributed by atoms with Gasteiger partial charge < -0.3 is 9.63 Å². The van der Waals surface area contributed by atoms with Gasteiger partial charge in [-0.2, -0.15) is 4.98 Å². The van der Waals surface area contributed by atoms with E-state index >= 15 is 0 Å². The molecule has 0 aromatic carbocycles. The van der Waals surface area contributed by atoms with Crippen LogP contribution < -0.4 is 0 Å². The zero-order chi connectivity index (χ0) is 12.4. The normalized spacial score (nSPS) is 16.9. The molecule has 1 fully saturated rings. The van der Waals surface area contributed by atoms with Crippen LogP contribution in [0.15, 0.2) is 22.9 Å². The van der Waals surface area contributed by atoms with E-state index in [4.69, 9.17) is 4.52 Å². The van der Waals surface area contributed by atoms with Crippen LogP contribution in [0.4, 0.5) is 0 Å². The number of aromatic nitrogens is 3. The molecule has 5 nitrogen and oxygen atoms in total. The van der Waals surface area contributed by atoms with Crippen LogP contribution in [0.1, 0.15) is 43.8 Å². The third kappa shape index (κ3) is 2.08. The summed E-state index contributed by atoms with van der Waals surface area (Å²) in [7, 11) is 0. The fourth-order valence-corrected chi connectivity index (χ4v) is 2.42. The van der Waals surface area contributed by atoms with Gasteiger partial charge in [0, 0.05) is 12.1 Å². The second-order valence-corrected chi connectivity index (χ2v) is 4.66. The number of aromatic hydroxyl groups is 1. The predicted molar refractivity (Wildman–Crippen MR) is 65.0 cm³/mol. The van der Waals surface area contributed by atoms with Gasteiger partial charge in [-0.15, -0.1) is 0 Å². The molecule has 94 valence electrons. The van der Waals surface area contributed by atoms with E-state index < -0.39 is 0 Å². The molecule has 2 heterocycles. The Kier molecular flexibility index (Phi) is 2.96. The highest BCUT2D eigenvalue weighted by molar-refractivity contribution is 5.55. The molecule has 0 unspecified atom stereocenters. The van der Waals surface area contributed by atoms with Crippen molar-refractivity contribution in [3.63, 3.8) is 0 Å². The van der Waals surface area contributed by atoms with Crippen molar-refractivity contribution in [3.05, 3.63) is 24.2 Å². The molecule has 1 N–H and O–H groups in total. The van der Waals surface area contributed by atoms with E-state index in [-0.39, 0.29) is 5.75 Å². The zero-order valence-electron chi connectivity index (χ0n) is 10.0. The van der Waals surface area contributed by atoms with Gasteiger partial charge in [0.25, 0.3) is 5.89 Å². The van der Waals surface area contributed by atoms with Crippen LogP contribution in [0.25, 0.3) is 11.6 Å². The van der Waals surface area contributed by atoms with Crippen LogP contribution in [-0.4, -0.2) is 20.2 Å². The van der Waals surface area contributed by atoms with Gasteiger partial charge in [0.15, 0.2) is 11.5 Å². The Balaban J connectivity index is 1.87. The summed E-state index contributed by atoms with van der Waals surface area (Å²) in [4.78, 5) is 8.43. The van der Waals surface area contributed by atoms with Gasteiger partial charge in [-0.05, 0) is 25.0 Å². The van der Waals surface area contributed by atoms with Crippen molar-refractivity contribution in [2.45, 2.75) is 38.0 Å². The first-order chi connectivity index (χ1) is 8.84. The Hall–Kier alpha value is -1.91. The summed E-state index contributed by atoms with van der Waals surface area (Å²) in [6.07, 6.45) is 7.58. The minimum absolute atomic E-state index is 0.0661. The lowest BCUT2D eigenvalue weighted by Gasteiger charge is -2.17. The standard InChI is InChI=1S/C13H15N3O2/c17-10-7-4-8-14-11(10)13-15-12(16-18-13)9-5-2-1-3-6-9/h4,7-9,17H,1-3,5-6H2. The number of pyridine rings is 1. The Morgan fingerprint density at radius 3 is 2.83 bits per heavy atom. The SMILES string of the molecule is Oc1cccnc1-c1nc(C2CCCCC2)no1. The maximum Gasteiger partial charge on any atom is 0.280 e. The van der Waals surface area contributed by atoms with Crippen molar-refractivity contribution in [2.75, 3.05) is 0 Å². The topological polar surface area (TPSA) is 72.0 Å². The van der Waals surface area contributed by atoms with Gasteiger partial charge >= 0.3 is 0 Å². The molecule has 2 aromatic heterocycles. The van der Waals surface area contributed by atoms with Gasteiger partial charge in [0.05, 0.1) is 0 Å². The molecule has 1 saturated carbocycles. The average molecular weight is 245 g/mol. The van der Waals surface area contributed by atoms with Crippen molar-refractivity contribution in [1.29, 1.82) is 0 Å².